The van der Waals surface area contributed by atoms with Gasteiger partial charge in [0.1, 0.15) is 17.6 Å². The molecule has 0 fully saturated rings. The van der Waals surface area contributed by atoms with Crippen molar-refractivity contribution in [1.29, 1.82) is 0 Å². The van der Waals surface area contributed by atoms with Gasteiger partial charge in [-0.2, -0.15) is 0 Å². The van der Waals surface area contributed by atoms with Gasteiger partial charge in [0.2, 0.25) is 0 Å². The lowest BCUT2D eigenvalue weighted by Gasteiger charge is -2.36. The zero-order valence-electron chi connectivity index (χ0n) is 13.4. The van der Waals surface area contributed by atoms with E-state index in [1.165, 1.54) is 11.1 Å². The molecule has 1 aliphatic heterocycles. The van der Waals surface area contributed by atoms with E-state index in [-0.39, 0.29) is 18.5 Å². The number of aliphatic hydroxyl groups is 1. The maximum absolute atomic E-state index is 9.71. The molecule has 23 heavy (non-hydrogen) atoms. The summed E-state index contributed by atoms with van der Waals surface area (Å²) in [5.41, 5.74) is 3.57. The third-order valence-electron chi connectivity index (χ3n) is 4.32. The Balaban J connectivity index is 1.84. The van der Waals surface area contributed by atoms with E-state index in [0.717, 1.165) is 25.1 Å². The maximum Gasteiger partial charge on any atom is 0.146 e. The molecule has 0 aromatic heterocycles. The van der Waals surface area contributed by atoms with E-state index in [2.05, 4.69) is 36.1 Å². The topological polar surface area (TPSA) is 52.9 Å². The molecular weight excluding hydrogens is 290 g/mol. The van der Waals surface area contributed by atoms with Gasteiger partial charge in [0.15, 0.2) is 0 Å². The lowest BCUT2D eigenvalue weighted by molar-refractivity contribution is 0.188. The summed E-state index contributed by atoms with van der Waals surface area (Å²) < 4.78 is 6.11. The largest absolute Gasteiger partial charge is 0.508 e. The van der Waals surface area contributed by atoms with E-state index in [4.69, 9.17) is 4.74 Å². The van der Waals surface area contributed by atoms with Crippen LogP contribution < -0.4 is 9.64 Å². The number of ether oxygens (including phenoxy) is 1. The van der Waals surface area contributed by atoms with E-state index in [1.807, 2.05) is 6.07 Å². The second kappa shape index (κ2) is 6.92. The SMILES string of the molecule is CCc1ccccc1CC1CN(CCO)c2ccc(O)cc2O1. The number of hydrogen-bond acceptors (Lipinski definition) is 4. The summed E-state index contributed by atoms with van der Waals surface area (Å²) in [6.07, 6.45) is 1.82. The predicted octanol–water partition coefficient (Wildman–Crippen LogP) is 2.76. The van der Waals surface area contributed by atoms with Crippen molar-refractivity contribution in [3.63, 3.8) is 0 Å². The van der Waals surface area contributed by atoms with E-state index < -0.39 is 0 Å². The number of rotatable bonds is 5. The fourth-order valence-corrected chi connectivity index (χ4v) is 3.20. The van der Waals surface area contributed by atoms with Crippen molar-refractivity contribution in [3.05, 3.63) is 53.6 Å². The Morgan fingerprint density at radius 2 is 1.96 bits per heavy atom. The predicted molar refractivity (Wildman–Crippen MR) is 91.3 cm³/mol. The Morgan fingerprint density at radius 3 is 2.70 bits per heavy atom. The summed E-state index contributed by atoms with van der Waals surface area (Å²) in [5.74, 6) is 0.881. The average molecular weight is 313 g/mol. The van der Waals surface area contributed by atoms with Crippen LogP contribution in [-0.2, 0) is 12.8 Å². The third kappa shape index (κ3) is 3.42. The van der Waals surface area contributed by atoms with Gasteiger partial charge in [-0.1, -0.05) is 31.2 Å². The van der Waals surface area contributed by atoms with E-state index >= 15 is 0 Å². The molecule has 3 rings (SSSR count). The standard InChI is InChI=1S/C19H23NO3/c1-2-14-5-3-4-6-15(14)11-17-13-20(9-10-21)18-8-7-16(22)12-19(18)23-17/h3-8,12,17,21-22H,2,9-11,13H2,1H3. The molecular formula is C19H23NO3. The van der Waals surface area contributed by atoms with Gasteiger partial charge in [0.05, 0.1) is 18.8 Å². The number of β-amino-alcohol motifs (C(OH)–C–C–N with tert-alkyl or cyclic N) is 1. The smallest absolute Gasteiger partial charge is 0.146 e. The van der Waals surface area contributed by atoms with Crippen molar-refractivity contribution < 1.29 is 14.9 Å². The summed E-state index contributed by atoms with van der Waals surface area (Å²) in [7, 11) is 0. The lowest BCUT2D eigenvalue weighted by atomic mass is 9.98. The van der Waals surface area contributed by atoms with Gasteiger partial charge in [-0.25, -0.2) is 0 Å². The molecule has 0 amide bonds. The van der Waals surface area contributed by atoms with Gasteiger partial charge in [0.25, 0.3) is 0 Å². The molecule has 0 saturated heterocycles. The summed E-state index contributed by atoms with van der Waals surface area (Å²) in [5, 5.41) is 19.0. The van der Waals surface area contributed by atoms with Crippen LogP contribution in [0.1, 0.15) is 18.1 Å². The number of fused-ring (bicyclic) bond motifs is 1. The molecule has 0 saturated carbocycles. The molecule has 1 aliphatic rings. The quantitative estimate of drug-likeness (QED) is 0.891. The van der Waals surface area contributed by atoms with Gasteiger partial charge >= 0.3 is 0 Å². The first-order valence-corrected chi connectivity index (χ1v) is 8.13. The second-order valence-corrected chi connectivity index (χ2v) is 5.89. The zero-order valence-corrected chi connectivity index (χ0v) is 13.4. The van der Waals surface area contributed by atoms with E-state index in [0.29, 0.717) is 12.3 Å². The highest BCUT2D eigenvalue weighted by Gasteiger charge is 2.26. The van der Waals surface area contributed by atoms with Crippen LogP contribution in [-0.4, -0.2) is 36.0 Å². The number of aromatic hydroxyl groups is 1. The maximum atomic E-state index is 9.71. The Kier molecular flexibility index (Phi) is 4.72. The van der Waals surface area contributed by atoms with Crippen molar-refractivity contribution in [2.24, 2.45) is 0 Å². The van der Waals surface area contributed by atoms with Gasteiger partial charge in [-0.15, -0.1) is 0 Å². The van der Waals surface area contributed by atoms with Crippen molar-refractivity contribution in [2.45, 2.75) is 25.9 Å². The van der Waals surface area contributed by atoms with Gasteiger partial charge in [0, 0.05) is 19.0 Å². The number of benzene rings is 2. The zero-order chi connectivity index (χ0) is 16.2. The molecule has 0 bridgehead atoms. The first kappa shape index (κ1) is 15.7. The molecule has 4 heteroatoms. The highest BCUT2D eigenvalue weighted by atomic mass is 16.5. The molecule has 2 aromatic carbocycles. The van der Waals surface area contributed by atoms with Crippen LogP contribution in [0.3, 0.4) is 0 Å². The minimum atomic E-state index is 0.00329. The van der Waals surface area contributed by atoms with Gasteiger partial charge in [-0.3, -0.25) is 0 Å². The average Bonchev–Trinajstić information content (AvgIpc) is 2.55. The van der Waals surface area contributed by atoms with Crippen LogP contribution in [0.5, 0.6) is 11.5 Å². The molecule has 0 spiro atoms. The summed E-state index contributed by atoms with van der Waals surface area (Å²) >= 11 is 0. The fraction of sp³-hybridized carbons (Fsp3) is 0.368. The molecule has 2 N–H and O–H groups in total. The van der Waals surface area contributed by atoms with Crippen LogP contribution in [0.15, 0.2) is 42.5 Å². The van der Waals surface area contributed by atoms with Crippen LogP contribution in [0.25, 0.3) is 0 Å². The van der Waals surface area contributed by atoms with Crippen LogP contribution in [0.4, 0.5) is 5.69 Å². The van der Waals surface area contributed by atoms with Crippen molar-refractivity contribution in [3.8, 4) is 11.5 Å². The highest BCUT2D eigenvalue weighted by molar-refractivity contribution is 5.62. The van der Waals surface area contributed by atoms with E-state index in [9.17, 15) is 10.2 Å². The Morgan fingerprint density at radius 1 is 1.17 bits per heavy atom. The highest BCUT2D eigenvalue weighted by Crippen LogP contribution is 2.36. The Bertz CT molecular complexity index is 671. The number of aryl methyl sites for hydroxylation is 1. The van der Waals surface area contributed by atoms with Crippen molar-refractivity contribution in [2.75, 3.05) is 24.6 Å². The fourth-order valence-electron chi connectivity index (χ4n) is 3.20. The summed E-state index contributed by atoms with van der Waals surface area (Å²) in [4.78, 5) is 2.12. The molecule has 1 unspecified atom stereocenters. The normalized spacial score (nSPS) is 16.8. The van der Waals surface area contributed by atoms with Crippen LogP contribution >= 0.6 is 0 Å². The molecule has 0 aliphatic carbocycles. The monoisotopic (exact) mass is 313 g/mol. The lowest BCUT2D eigenvalue weighted by Crippen LogP contribution is -2.42. The molecule has 122 valence electrons. The van der Waals surface area contributed by atoms with Gasteiger partial charge < -0.3 is 19.8 Å². The minimum absolute atomic E-state index is 0.00329. The number of nitrogens with zero attached hydrogens (tertiary/aromatic N) is 1. The minimum Gasteiger partial charge on any atom is -0.508 e. The van der Waals surface area contributed by atoms with E-state index in [1.54, 1.807) is 12.1 Å². The molecule has 4 nitrogen and oxygen atoms in total. The Hall–Kier alpha value is -2.20. The van der Waals surface area contributed by atoms with Gasteiger partial charge in [-0.05, 0) is 29.7 Å². The summed E-state index contributed by atoms with van der Waals surface area (Å²) in [6, 6.07) is 13.6. The number of phenols is 1. The number of aliphatic hydroxyl groups excluding tert-OH is 1. The number of hydrogen-bond donors (Lipinski definition) is 2. The number of phenolic OH excluding ortho intramolecular Hbond substituents is 1. The molecule has 1 heterocycles. The Labute approximate surface area is 136 Å². The molecule has 1 atom stereocenters. The van der Waals surface area contributed by atoms with Crippen molar-refractivity contribution >= 4 is 5.69 Å². The van der Waals surface area contributed by atoms with Crippen LogP contribution in [0.2, 0.25) is 0 Å². The van der Waals surface area contributed by atoms with Crippen molar-refractivity contribution in [1.82, 2.24) is 0 Å². The molecule has 0 radical (unpaired) electrons. The van der Waals surface area contributed by atoms with Crippen LogP contribution in [0, 0.1) is 0 Å². The molecule has 2 aromatic rings. The number of anilines is 1. The third-order valence-corrected chi connectivity index (χ3v) is 4.32. The first-order chi connectivity index (χ1) is 11.2. The summed E-state index contributed by atoms with van der Waals surface area (Å²) in [6.45, 7) is 3.55. The first-order valence-electron chi connectivity index (χ1n) is 8.13. The second-order valence-electron chi connectivity index (χ2n) is 5.89.